The molecule has 0 spiro atoms. The largest absolute Gasteiger partial charge is 0.375 e. The van der Waals surface area contributed by atoms with E-state index in [-0.39, 0.29) is 0 Å². The maximum absolute atomic E-state index is 5.50. The zero-order valence-corrected chi connectivity index (χ0v) is 11.5. The van der Waals surface area contributed by atoms with Crippen LogP contribution in [0.1, 0.15) is 0 Å². The van der Waals surface area contributed by atoms with Crippen molar-refractivity contribution in [1.29, 1.82) is 0 Å². The second kappa shape index (κ2) is 5.67. The average molecular weight is 279 g/mol. The first-order valence-electron chi connectivity index (χ1n) is 6.24. The maximum Gasteiger partial charge on any atom is 0.181 e. The van der Waals surface area contributed by atoms with Gasteiger partial charge in [0.05, 0.1) is 15.7 Å². The van der Waals surface area contributed by atoms with Crippen LogP contribution in [0.15, 0.2) is 66.9 Å². The number of benzene rings is 2. The summed E-state index contributed by atoms with van der Waals surface area (Å²) < 4.78 is 1.15. The SMILES string of the molecule is Nc1nc2ccccc2s1.c1ccc2ncccc2c1. The van der Waals surface area contributed by atoms with Crippen LogP contribution in [0.4, 0.5) is 5.13 Å². The Morgan fingerprint density at radius 1 is 0.800 bits per heavy atom. The third-order valence-corrected chi connectivity index (χ3v) is 3.69. The molecule has 0 aliphatic carbocycles. The molecule has 0 unspecified atom stereocenters. The molecule has 0 fully saturated rings. The summed E-state index contributed by atoms with van der Waals surface area (Å²) in [7, 11) is 0. The standard InChI is InChI=1S/C9H7N.C7H6N2S/c1-2-6-9-8(4-1)5-3-7-10-9;8-7-9-5-3-1-2-4-6(5)10-7/h1-7H;1-4H,(H2,8,9). The van der Waals surface area contributed by atoms with Crippen LogP contribution in [0.3, 0.4) is 0 Å². The minimum absolute atomic E-state index is 0.640. The molecular weight excluding hydrogens is 266 g/mol. The third-order valence-electron chi connectivity index (χ3n) is 2.82. The molecule has 0 bridgehead atoms. The molecule has 0 aliphatic rings. The zero-order valence-electron chi connectivity index (χ0n) is 10.7. The monoisotopic (exact) mass is 279 g/mol. The third kappa shape index (κ3) is 2.75. The highest BCUT2D eigenvalue weighted by molar-refractivity contribution is 7.22. The molecule has 20 heavy (non-hydrogen) atoms. The molecule has 2 heterocycles. The first-order valence-corrected chi connectivity index (χ1v) is 7.05. The number of aromatic nitrogens is 2. The molecule has 2 N–H and O–H groups in total. The van der Waals surface area contributed by atoms with E-state index in [9.17, 15) is 0 Å². The number of rotatable bonds is 0. The summed E-state index contributed by atoms with van der Waals surface area (Å²) in [5.74, 6) is 0. The number of nitrogen functional groups attached to an aromatic ring is 1. The molecule has 2 aromatic heterocycles. The summed E-state index contributed by atoms with van der Waals surface area (Å²) in [6.45, 7) is 0. The fourth-order valence-corrected chi connectivity index (χ4v) is 2.64. The Morgan fingerprint density at radius 2 is 1.50 bits per heavy atom. The van der Waals surface area contributed by atoms with Crippen molar-refractivity contribution < 1.29 is 0 Å². The van der Waals surface area contributed by atoms with E-state index in [0.29, 0.717) is 5.13 Å². The quantitative estimate of drug-likeness (QED) is 0.527. The van der Waals surface area contributed by atoms with Gasteiger partial charge in [-0.15, -0.1) is 0 Å². The Kier molecular flexibility index (Phi) is 3.56. The van der Waals surface area contributed by atoms with Crippen molar-refractivity contribution in [3.63, 3.8) is 0 Å². The van der Waals surface area contributed by atoms with E-state index < -0.39 is 0 Å². The lowest BCUT2D eigenvalue weighted by atomic mass is 10.2. The topological polar surface area (TPSA) is 51.8 Å². The van der Waals surface area contributed by atoms with Gasteiger partial charge in [0.2, 0.25) is 0 Å². The number of pyridine rings is 1. The second-order valence-electron chi connectivity index (χ2n) is 4.22. The number of thiazole rings is 1. The van der Waals surface area contributed by atoms with Gasteiger partial charge in [0.1, 0.15) is 0 Å². The predicted octanol–water partition coefficient (Wildman–Crippen LogP) is 4.11. The molecule has 4 rings (SSSR count). The first kappa shape index (κ1) is 12.6. The Hall–Kier alpha value is -2.46. The molecule has 0 saturated carbocycles. The van der Waals surface area contributed by atoms with Crippen LogP contribution in [0.5, 0.6) is 0 Å². The van der Waals surface area contributed by atoms with E-state index in [2.05, 4.69) is 22.1 Å². The van der Waals surface area contributed by atoms with Crippen LogP contribution >= 0.6 is 11.3 Å². The molecule has 0 atom stereocenters. The van der Waals surface area contributed by atoms with Crippen LogP contribution in [-0.2, 0) is 0 Å². The average Bonchev–Trinajstić information content (AvgIpc) is 2.88. The van der Waals surface area contributed by atoms with Crippen molar-refractivity contribution in [1.82, 2.24) is 9.97 Å². The van der Waals surface area contributed by atoms with Gasteiger partial charge in [-0.1, -0.05) is 47.7 Å². The Bertz CT molecular complexity index is 741. The molecule has 0 radical (unpaired) electrons. The molecule has 4 aromatic rings. The number of para-hydroxylation sites is 2. The van der Waals surface area contributed by atoms with Crippen LogP contribution < -0.4 is 5.73 Å². The van der Waals surface area contributed by atoms with E-state index in [0.717, 1.165) is 15.7 Å². The van der Waals surface area contributed by atoms with Crippen molar-refractivity contribution in [3.05, 3.63) is 66.9 Å². The Balaban J connectivity index is 0.000000121. The number of hydrogen-bond donors (Lipinski definition) is 1. The highest BCUT2D eigenvalue weighted by atomic mass is 32.1. The summed E-state index contributed by atoms with van der Waals surface area (Å²) in [5, 5.41) is 1.84. The number of anilines is 1. The molecule has 2 aromatic carbocycles. The molecule has 0 amide bonds. The number of fused-ring (bicyclic) bond motifs is 2. The summed E-state index contributed by atoms with van der Waals surface area (Å²) in [4.78, 5) is 8.29. The van der Waals surface area contributed by atoms with Crippen molar-refractivity contribution in [2.24, 2.45) is 0 Å². The molecule has 0 saturated heterocycles. The minimum Gasteiger partial charge on any atom is -0.375 e. The van der Waals surface area contributed by atoms with Crippen LogP contribution in [0.2, 0.25) is 0 Å². The van der Waals surface area contributed by atoms with E-state index in [4.69, 9.17) is 5.73 Å². The highest BCUT2D eigenvalue weighted by Crippen LogP contribution is 2.22. The van der Waals surface area contributed by atoms with Crippen molar-refractivity contribution in [3.8, 4) is 0 Å². The fourth-order valence-electron chi connectivity index (χ4n) is 1.91. The van der Waals surface area contributed by atoms with Gasteiger partial charge < -0.3 is 5.73 Å². The Labute approximate surface area is 120 Å². The number of nitrogens with zero attached hydrogens (tertiary/aromatic N) is 2. The smallest absolute Gasteiger partial charge is 0.181 e. The fraction of sp³-hybridized carbons (Fsp3) is 0. The molecule has 0 aliphatic heterocycles. The maximum atomic E-state index is 5.50. The normalized spacial score (nSPS) is 10.2. The summed E-state index contributed by atoms with van der Waals surface area (Å²) in [6, 6.07) is 20.0. The van der Waals surface area contributed by atoms with Gasteiger partial charge >= 0.3 is 0 Å². The number of nitrogens with two attached hydrogens (primary N) is 1. The van der Waals surface area contributed by atoms with Crippen LogP contribution in [-0.4, -0.2) is 9.97 Å². The minimum atomic E-state index is 0.640. The van der Waals surface area contributed by atoms with Crippen molar-refractivity contribution >= 4 is 37.6 Å². The highest BCUT2D eigenvalue weighted by Gasteiger charge is 1.96. The van der Waals surface area contributed by atoms with E-state index in [1.807, 2.05) is 54.7 Å². The predicted molar refractivity (Wildman–Crippen MR) is 85.8 cm³/mol. The van der Waals surface area contributed by atoms with Gasteiger partial charge in [-0.3, -0.25) is 4.98 Å². The van der Waals surface area contributed by atoms with Gasteiger partial charge in [0.25, 0.3) is 0 Å². The molecular formula is C16H13N3S. The van der Waals surface area contributed by atoms with E-state index >= 15 is 0 Å². The first-order chi connectivity index (χ1) is 9.83. The lowest BCUT2D eigenvalue weighted by molar-refractivity contribution is 1.41. The van der Waals surface area contributed by atoms with Gasteiger partial charge in [-0.25, -0.2) is 4.98 Å². The second-order valence-corrected chi connectivity index (χ2v) is 5.28. The van der Waals surface area contributed by atoms with Crippen LogP contribution in [0.25, 0.3) is 21.1 Å². The summed E-state index contributed by atoms with van der Waals surface area (Å²) in [5.41, 5.74) is 7.55. The van der Waals surface area contributed by atoms with Crippen LogP contribution in [0, 0.1) is 0 Å². The summed E-state index contributed by atoms with van der Waals surface area (Å²) >= 11 is 1.52. The van der Waals surface area contributed by atoms with Crippen molar-refractivity contribution in [2.75, 3.05) is 5.73 Å². The number of hydrogen-bond acceptors (Lipinski definition) is 4. The molecule has 3 nitrogen and oxygen atoms in total. The van der Waals surface area contributed by atoms with Gasteiger partial charge in [-0.2, -0.15) is 0 Å². The van der Waals surface area contributed by atoms with Gasteiger partial charge in [0.15, 0.2) is 5.13 Å². The molecule has 4 heteroatoms. The van der Waals surface area contributed by atoms with Gasteiger partial charge in [-0.05, 0) is 24.3 Å². The van der Waals surface area contributed by atoms with E-state index in [1.54, 1.807) is 0 Å². The zero-order chi connectivity index (χ0) is 13.8. The lowest BCUT2D eigenvalue weighted by Crippen LogP contribution is -1.78. The summed E-state index contributed by atoms with van der Waals surface area (Å²) in [6.07, 6.45) is 1.81. The van der Waals surface area contributed by atoms with Gasteiger partial charge in [0, 0.05) is 11.6 Å². The Morgan fingerprint density at radius 3 is 2.30 bits per heavy atom. The lowest BCUT2D eigenvalue weighted by Gasteiger charge is -1.91. The van der Waals surface area contributed by atoms with Crippen molar-refractivity contribution in [2.45, 2.75) is 0 Å². The molecule has 98 valence electrons. The van der Waals surface area contributed by atoms with E-state index in [1.165, 1.54) is 16.7 Å².